The molecular weight excluding hydrogens is 460 g/mol. The fraction of sp³-hybridized carbons (Fsp3) is 0.387. The molecule has 3 aromatic rings. The Morgan fingerprint density at radius 3 is 2.27 bits per heavy atom. The average Bonchev–Trinajstić information content (AvgIpc) is 2.91. The lowest BCUT2D eigenvalue weighted by Crippen LogP contribution is -2.47. The van der Waals surface area contributed by atoms with E-state index in [1.165, 1.54) is 5.56 Å². The number of hydrogen-bond donors (Lipinski definition) is 2. The highest BCUT2D eigenvalue weighted by Crippen LogP contribution is 2.31. The molecule has 6 nitrogen and oxygen atoms in total. The van der Waals surface area contributed by atoms with Crippen LogP contribution in [0.15, 0.2) is 72.8 Å². The lowest BCUT2D eigenvalue weighted by Gasteiger charge is -2.36. The molecule has 1 aliphatic rings. The summed E-state index contributed by atoms with van der Waals surface area (Å²) < 4.78 is 5.52. The summed E-state index contributed by atoms with van der Waals surface area (Å²) in [5.41, 5.74) is 5.49. The first-order chi connectivity index (χ1) is 17.8. The Kier molecular flexibility index (Phi) is 8.72. The molecule has 2 N–H and O–H groups in total. The first kappa shape index (κ1) is 26.6. The Morgan fingerprint density at radius 2 is 1.57 bits per heavy atom. The predicted molar refractivity (Wildman–Crippen MR) is 154 cm³/mol. The number of amides is 2. The van der Waals surface area contributed by atoms with Crippen molar-refractivity contribution in [1.29, 1.82) is 0 Å². The fourth-order valence-corrected chi connectivity index (χ4v) is 4.77. The molecule has 1 saturated heterocycles. The van der Waals surface area contributed by atoms with Gasteiger partial charge in [-0.25, -0.2) is 4.79 Å². The molecule has 2 amide bonds. The second-order valence-electron chi connectivity index (χ2n) is 10.6. The average molecular weight is 501 g/mol. The van der Waals surface area contributed by atoms with Gasteiger partial charge in [0.05, 0.1) is 18.5 Å². The van der Waals surface area contributed by atoms with Crippen LogP contribution in [0.5, 0.6) is 5.75 Å². The smallest absolute Gasteiger partial charge is 0.319 e. The fourth-order valence-electron chi connectivity index (χ4n) is 4.77. The standard InChI is InChI=1S/C31H40N4O2/c1-31(2,3)25-16-14-24(15-17-25)26-10-5-6-11-27(26)33-30(36)32-18-9-19-34-20-22-35(23-21-34)28-12-7-8-13-29(28)37-4/h5-8,10-17H,9,18-23H2,1-4H3,(H2,32,33,36). The Labute approximate surface area is 221 Å². The Hall–Kier alpha value is -3.51. The maximum absolute atomic E-state index is 12.6. The van der Waals surface area contributed by atoms with Gasteiger partial charge in [0.2, 0.25) is 0 Å². The van der Waals surface area contributed by atoms with Crippen LogP contribution in [0.3, 0.4) is 0 Å². The van der Waals surface area contributed by atoms with Crippen LogP contribution in [-0.2, 0) is 5.41 Å². The van der Waals surface area contributed by atoms with Gasteiger partial charge >= 0.3 is 6.03 Å². The molecule has 1 heterocycles. The van der Waals surface area contributed by atoms with Gasteiger partial charge in [-0.15, -0.1) is 0 Å². The van der Waals surface area contributed by atoms with Crippen molar-refractivity contribution in [3.05, 3.63) is 78.4 Å². The molecule has 0 radical (unpaired) electrons. The minimum absolute atomic E-state index is 0.110. The van der Waals surface area contributed by atoms with Crippen molar-refractivity contribution in [3.8, 4) is 16.9 Å². The number of urea groups is 1. The van der Waals surface area contributed by atoms with Crippen molar-refractivity contribution in [2.45, 2.75) is 32.6 Å². The van der Waals surface area contributed by atoms with Gasteiger partial charge in [-0.05, 0) is 47.7 Å². The van der Waals surface area contributed by atoms with E-state index in [1.54, 1.807) is 7.11 Å². The van der Waals surface area contributed by atoms with Crippen molar-refractivity contribution in [1.82, 2.24) is 10.2 Å². The molecule has 37 heavy (non-hydrogen) atoms. The number of carbonyl (C=O) groups is 1. The number of nitrogens with zero attached hydrogens (tertiary/aromatic N) is 2. The molecule has 0 atom stereocenters. The predicted octanol–water partition coefficient (Wildman–Crippen LogP) is 5.99. The molecule has 196 valence electrons. The monoisotopic (exact) mass is 500 g/mol. The number of hydrogen-bond acceptors (Lipinski definition) is 4. The van der Waals surface area contributed by atoms with Gasteiger partial charge < -0.3 is 20.3 Å². The van der Waals surface area contributed by atoms with E-state index in [0.29, 0.717) is 6.54 Å². The minimum atomic E-state index is -0.167. The summed E-state index contributed by atoms with van der Waals surface area (Å²) >= 11 is 0. The lowest BCUT2D eigenvalue weighted by molar-refractivity contribution is 0.244. The van der Waals surface area contributed by atoms with Gasteiger partial charge in [0.25, 0.3) is 0 Å². The van der Waals surface area contributed by atoms with E-state index in [-0.39, 0.29) is 11.4 Å². The van der Waals surface area contributed by atoms with Gasteiger partial charge in [0.1, 0.15) is 5.75 Å². The van der Waals surface area contributed by atoms with Crippen LogP contribution in [0.25, 0.3) is 11.1 Å². The highest BCUT2D eigenvalue weighted by atomic mass is 16.5. The van der Waals surface area contributed by atoms with Crippen molar-refractivity contribution in [2.75, 3.05) is 56.6 Å². The number of carbonyl (C=O) groups excluding carboxylic acids is 1. The molecule has 0 saturated carbocycles. The van der Waals surface area contributed by atoms with E-state index < -0.39 is 0 Å². The molecule has 0 aliphatic carbocycles. The number of benzene rings is 3. The van der Waals surface area contributed by atoms with Crippen molar-refractivity contribution >= 4 is 17.4 Å². The third-order valence-electron chi connectivity index (χ3n) is 6.97. The molecule has 6 heteroatoms. The Balaban J connectivity index is 1.22. The number of ether oxygens (including phenoxy) is 1. The van der Waals surface area contributed by atoms with Crippen LogP contribution in [0, 0.1) is 0 Å². The molecule has 1 aliphatic heterocycles. The zero-order valence-corrected chi connectivity index (χ0v) is 22.6. The normalized spacial score (nSPS) is 14.3. The Morgan fingerprint density at radius 1 is 0.892 bits per heavy atom. The summed E-state index contributed by atoms with van der Waals surface area (Å²) in [7, 11) is 1.72. The summed E-state index contributed by atoms with van der Waals surface area (Å²) in [6, 6.07) is 24.6. The van der Waals surface area contributed by atoms with Crippen LogP contribution in [0.1, 0.15) is 32.8 Å². The molecule has 3 aromatic carbocycles. The number of anilines is 2. The quantitative estimate of drug-likeness (QED) is 0.373. The third-order valence-corrected chi connectivity index (χ3v) is 6.97. The second-order valence-corrected chi connectivity index (χ2v) is 10.6. The summed E-state index contributed by atoms with van der Waals surface area (Å²) in [6.07, 6.45) is 0.915. The highest BCUT2D eigenvalue weighted by molar-refractivity contribution is 5.94. The number of rotatable bonds is 8. The topological polar surface area (TPSA) is 56.8 Å². The second kappa shape index (κ2) is 12.2. The molecule has 4 rings (SSSR count). The van der Waals surface area contributed by atoms with Crippen molar-refractivity contribution in [2.24, 2.45) is 0 Å². The molecular formula is C31H40N4O2. The first-order valence-corrected chi connectivity index (χ1v) is 13.2. The first-order valence-electron chi connectivity index (χ1n) is 13.2. The van der Waals surface area contributed by atoms with E-state index >= 15 is 0 Å². The molecule has 0 aromatic heterocycles. The van der Waals surface area contributed by atoms with E-state index in [0.717, 1.165) is 67.4 Å². The molecule has 0 spiro atoms. The number of para-hydroxylation sites is 3. The lowest BCUT2D eigenvalue weighted by atomic mass is 9.86. The zero-order chi connectivity index (χ0) is 26.3. The minimum Gasteiger partial charge on any atom is -0.495 e. The third kappa shape index (κ3) is 7.04. The summed E-state index contributed by atoms with van der Waals surface area (Å²) in [4.78, 5) is 17.5. The summed E-state index contributed by atoms with van der Waals surface area (Å²) in [6.45, 7) is 12.2. The summed E-state index contributed by atoms with van der Waals surface area (Å²) in [5, 5.41) is 6.07. The molecule has 0 bridgehead atoms. The number of piperazine rings is 1. The van der Waals surface area contributed by atoms with Crippen LogP contribution in [0.2, 0.25) is 0 Å². The van der Waals surface area contributed by atoms with E-state index in [2.05, 4.69) is 77.6 Å². The van der Waals surface area contributed by atoms with Crippen molar-refractivity contribution < 1.29 is 9.53 Å². The molecule has 1 fully saturated rings. The summed E-state index contributed by atoms with van der Waals surface area (Å²) in [5.74, 6) is 0.926. The number of methoxy groups -OCH3 is 1. The zero-order valence-electron chi connectivity index (χ0n) is 22.6. The van der Waals surface area contributed by atoms with Crippen LogP contribution < -0.4 is 20.3 Å². The van der Waals surface area contributed by atoms with Crippen molar-refractivity contribution in [3.63, 3.8) is 0 Å². The molecule has 0 unspecified atom stereocenters. The Bertz CT molecular complexity index is 1160. The largest absolute Gasteiger partial charge is 0.495 e. The maximum atomic E-state index is 12.6. The van der Waals surface area contributed by atoms with E-state index in [4.69, 9.17) is 4.74 Å². The number of nitrogens with one attached hydrogen (secondary N) is 2. The van der Waals surface area contributed by atoms with Gasteiger partial charge in [-0.3, -0.25) is 4.90 Å². The van der Waals surface area contributed by atoms with Crippen LogP contribution in [-0.4, -0.2) is 57.3 Å². The van der Waals surface area contributed by atoms with E-state index in [1.807, 2.05) is 36.4 Å². The van der Waals surface area contributed by atoms with Crippen LogP contribution >= 0.6 is 0 Å². The highest BCUT2D eigenvalue weighted by Gasteiger charge is 2.19. The van der Waals surface area contributed by atoms with Gasteiger partial charge in [0.15, 0.2) is 0 Å². The SMILES string of the molecule is COc1ccccc1N1CCN(CCCNC(=O)Nc2ccccc2-c2ccc(C(C)(C)C)cc2)CC1. The van der Waals surface area contributed by atoms with Crippen LogP contribution in [0.4, 0.5) is 16.2 Å². The van der Waals surface area contributed by atoms with Gasteiger partial charge in [-0.1, -0.05) is 75.4 Å². The maximum Gasteiger partial charge on any atom is 0.319 e. The van der Waals surface area contributed by atoms with Gasteiger partial charge in [-0.2, -0.15) is 0 Å². The van der Waals surface area contributed by atoms with E-state index in [9.17, 15) is 4.79 Å². The van der Waals surface area contributed by atoms with Gasteiger partial charge in [0, 0.05) is 38.3 Å².